The Hall–Kier alpha value is -10.1. The van der Waals surface area contributed by atoms with Gasteiger partial charge >= 0.3 is 18.0 Å². The molecular formula is C99H162N14O29S. The van der Waals surface area contributed by atoms with Gasteiger partial charge in [0.25, 0.3) is 0 Å². The van der Waals surface area contributed by atoms with Crippen LogP contribution in [0.5, 0.6) is 5.75 Å². The number of rotatable bonds is 80. The third-order valence-electron chi connectivity index (χ3n) is 25.6. The predicted octanol–water partition coefficient (Wildman–Crippen LogP) is 2.27. The summed E-state index contributed by atoms with van der Waals surface area (Å²) in [6.45, 7) is 18.6. The number of thioether (sulfide) groups is 1. The Morgan fingerprint density at radius 1 is 0.483 bits per heavy atom. The number of Topliss-reactive ketones (excluding diaryl/α,β-unsaturated/α-hetero) is 6. The third kappa shape index (κ3) is 48.2. The highest BCUT2D eigenvalue weighted by Gasteiger charge is 2.45. The molecule has 0 saturated carbocycles. The second-order valence-electron chi connectivity index (χ2n) is 38.4. The molecule has 21 N–H and O–H groups in total. The number of aliphatic carboxylic acids is 2. The summed E-state index contributed by atoms with van der Waals surface area (Å²) in [5.74, 6) is -21.7. The van der Waals surface area contributed by atoms with E-state index in [0.29, 0.717) is 121 Å². The number of hydrogen-bond acceptors (Lipinski definition) is 30. The van der Waals surface area contributed by atoms with Crippen molar-refractivity contribution in [2.24, 2.45) is 64.5 Å². The highest BCUT2D eigenvalue weighted by Crippen LogP contribution is 2.34. The van der Waals surface area contributed by atoms with Gasteiger partial charge < -0.3 is 124 Å². The number of nitrogens with two attached hydrogens (primary N) is 3. The average molecular weight is 2040 g/mol. The Morgan fingerprint density at radius 3 is 1.57 bits per heavy atom. The predicted molar refractivity (Wildman–Crippen MR) is 527 cm³/mol. The number of ether oxygens (including phenoxy) is 5. The molecule has 3 fully saturated rings. The first kappa shape index (κ1) is 125. The molecule has 4 rings (SSSR count). The number of aliphatic hydroxyl groups is 2. The van der Waals surface area contributed by atoms with E-state index in [4.69, 9.17) is 40.9 Å². The van der Waals surface area contributed by atoms with E-state index in [-0.39, 0.29) is 127 Å². The Morgan fingerprint density at radius 2 is 1.00 bits per heavy atom. The number of aromatic hydroxyl groups is 1. The zero-order chi connectivity index (χ0) is 106. The van der Waals surface area contributed by atoms with E-state index in [1.165, 1.54) is 56.9 Å². The van der Waals surface area contributed by atoms with Gasteiger partial charge in [-0.25, -0.2) is 4.79 Å². The summed E-state index contributed by atoms with van der Waals surface area (Å²) in [6, 6.07) is -5.07. The molecule has 44 heteroatoms. The topological polar surface area (TPSA) is 673 Å². The van der Waals surface area contributed by atoms with Crippen LogP contribution >= 0.6 is 11.8 Å². The molecule has 3 heterocycles. The van der Waals surface area contributed by atoms with Gasteiger partial charge in [-0.2, -0.15) is 11.8 Å². The quantitative estimate of drug-likeness (QED) is 0.0328. The van der Waals surface area contributed by atoms with Crippen LogP contribution in [0.1, 0.15) is 248 Å². The van der Waals surface area contributed by atoms with E-state index in [1.54, 1.807) is 13.8 Å². The van der Waals surface area contributed by atoms with Gasteiger partial charge in [-0.1, -0.05) is 85.8 Å². The summed E-state index contributed by atoms with van der Waals surface area (Å²) in [7, 11) is 0. The van der Waals surface area contributed by atoms with Crippen LogP contribution in [0.4, 0.5) is 4.79 Å². The van der Waals surface area contributed by atoms with Crippen LogP contribution in [0, 0.1) is 47.3 Å². The summed E-state index contributed by atoms with van der Waals surface area (Å²) in [5.41, 5.74) is 17.7. The van der Waals surface area contributed by atoms with Crippen molar-refractivity contribution >= 4 is 124 Å². The van der Waals surface area contributed by atoms with Crippen molar-refractivity contribution < 1.29 is 140 Å². The highest BCUT2D eigenvalue weighted by atomic mass is 32.2. The monoisotopic (exact) mass is 2040 g/mol. The SMILES string of the molecule is CCCCC[C@H](CC(=O)[C@@H](C)NC(=O)[C@H](C)CC(=O)[C@@H](CCCCN)NC(=O)[C@@H](CC(=O)[C@@H](CCC(=O)O)NC(=O)C(NC(=O)CCOCCOCCOCCOCCOCCNC(=O)CCCC[C@@H]1SC[C@H]2NC(=O)N[C@@H]12)[C@@H](C)O)C(C)C)C(=O)N[C@H](C)C(=O)C[C@@H](CC(=O)O)C(=O)NC(C(=O)C[C@@H](Cc1ccc(O)cc1)C(=O)N[C@H](CC(C)C)C(=O)C[C@@H](CCCCN)C(=O)N1CCC[C@@H]1C(N)=O)[C@H](C)O. The van der Waals surface area contributed by atoms with E-state index < -0.39 is 253 Å². The van der Waals surface area contributed by atoms with Gasteiger partial charge in [0, 0.05) is 111 Å². The molecule has 43 nitrogen and oxygen atoms in total. The number of ketones is 6. The normalized spacial score (nSPS) is 18.1. The lowest BCUT2D eigenvalue weighted by Gasteiger charge is -2.29. The van der Waals surface area contributed by atoms with Gasteiger partial charge in [-0.05, 0) is 154 Å². The number of unbranched alkanes of at least 4 members (excludes halogenated alkanes) is 5. The molecule has 0 spiro atoms. The summed E-state index contributed by atoms with van der Waals surface area (Å²) in [6.07, 6.45) is -1.19. The van der Waals surface area contributed by atoms with Crippen molar-refractivity contribution in [3.05, 3.63) is 29.8 Å². The fourth-order valence-corrected chi connectivity index (χ4v) is 18.7. The number of carbonyl (C=O) groups is 19. The lowest BCUT2D eigenvalue weighted by molar-refractivity contribution is -0.143. The van der Waals surface area contributed by atoms with Crippen LogP contribution in [-0.2, 0) is 116 Å². The number of phenols is 1. The molecule has 0 radical (unpaired) electrons. The van der Waals surface area contributed by atoms with E-state index >= 15 is 0 Å². The van der Waals surface area contributed by atoms with Crippen molar-refractivity contribution in [1.29, 1.82) is 0 Å². The molecule has 1 aromatic rings. The van der Waals surface area contributed by atoms with Crippen LogP contribution in [0.15, 0.2) is 24.3 Å². The molecule has 3 saturated heterocycles. The van der Waals surface area contributed by atoms with Crippen LogP contribution in [0.25, 0.3) is 0 Å². The van der Waals surface area contributed by atoms with Crippen molar-refractivity contribution in [2.75, 3.05) is 98.0 Å². The van der Waals surface area contributed by atoms with Crippen molar-refractivity contribution in [3.8, 4) is 5.75 Å². The second-order valence-corrected chi connectivity index (χ2v) is 39.7. The van der Waals surface area contributed by atoms with E-state index in [0.717, 1.165) is 31.9 Å². The highest BCUT2D eigenvalue weighted by molar-refractivity contribution is 8.00. The van der Waals surface area contributed by atoms with Gasteiger partial charge in [0.2, 0.25) is 59.1 Å². The fourth-order valence-electron chi connectivity index (χ4n) is 17.1. The zero-order valence-electron chi connectivity index (χ0n) is 85.0. The lowest BCUT2D eigenvalue weighted by Crippen LogP contribution is -2.56. The van der Waals surface area contributed by atoms with E-state index in [9.17, 15) is 117 Å². The van der Waals surface area contributed by atoms with Gasteiger partial charge in [0.15, 0.2) is 34.7 Å². The van der Waals surface area contributed by atoms with Crippen molar-refractivity contribution in [1.82, 2.24) is 58.1 Å². The minimum Gasteiger partial charge on any atom is -0.508 e. The first-order valence-electron chi connectivity index (χ1n) is 50.6. The van der Waals surface area contributed by atoms with Gasteiger partial charge in [-0.15, -0.1) is 0 Å². The van der Waals surface area contributed by atoms with Crippen LogP contribution in [0.2, 0.25) is 0 Å². The minimum absolute atomic E-state index is 0.0354. The standard InChI is InChI=1S/C99H162N14O29S/c1-11-12-13-21-66(93(131)105-62(8)78(118)53-69(55-87(127)128)95(133)111-88(63(9)114)82(122)54-68(50-65-27-29-70(116)30-28-65)94(132)108-74(48-58(2)3)80(120)52-67(22-16-18-34-100)98(136)113-37-20-24-76(113)91(102)129)51-77(117)61(7)104-92(130)60(6)49-79(119)72(23-17-19-35-101)106-96(134)71(59(4)5)56-81(121)73(31-32-86(125)126)107-97(135)89(64(10)115)110-85(124)33-38-138-40-42-140-44-46-142-47-45-141-43-41-139-39-36-103-84(123)26-15-14-25-83-90-75(57-143-83)109-99(137)112-90/h27-30,58-64,66-69,71-76,83,88-90,114-116H,11-26,31-57,100-101H2,1-10H3,(H2,102,129)(H,103,123)(H,104,130)(H,105,131)(H,106,134)(H,107,135)(H,108,132)(H,110,124)(H,111,133)(H,125,126)(H,127,128)(H2,109,112,137)/t60-,61-,62-,63+,64-,66-,67-,68-,69+,71+,72-,73-,74-,75-,76-,83+,88?,89?,90-/m1/s1. The average Bonchev–Trinajstić information content (AvgIpc) is 1.67. The van der Waals surface area contributed by atoms with Crippen molar-refractivity contribution in [2.45, 2.75) is 327 Å². The molecule has 1 aromatic carbocycles. The Balaban J connectivity index is 1.29. The maximum atomic E-state index is 14.7. The molecule has 2 unspecified atom stereocenters. The molecule has 0 bridgehead atoms. The van der Waals surface area contributed by atoms with Gasteiger partial charge in [0.05, 0.1) is 133 Å². The molecule has 143 heavy (non-hydrogen) atoms. The number of carboxylic acids is 2. The number of urea groups is 1. The summed E-state index contributed by atoms with van der Waals surface area (Å²) >= 11 is 1.85. The first-order chi connectivity index (χ1) is 67.9. The zero-order valence-corrected chi connectivity index (χ0v) is 85.8. The molecular weight excluding hydrogens is 1880 g/mol. The number of amides is 12. The maximum absolute atomic E-state index is 14.7. The lowest BCUT2D eigenvalue weighted by atomic mass is 9.86. The summed E-state index contributed by atoms with van der Waals surface area (Å²) in [4.78, 5) is 260. The largest absolute Gasteiger partial charge is 0.508 e. The number of hydrogen-bond donors (Lipinski definition) is 18. The number of fused-ring (bicyclic) bond motifs is 1. The number of likely N-dealkylation sites (tertiary alicyclic amines) is 1. The van der Waals surface area contributed by atoms with E-state index in [1.807, 2.05) is 32.5 Å². The van der Waals surface area contributed by atoms with Crippen LogP contribution in [-0.4, -0.2) is 318 Å². The molecule has 3 aliphatic heterocycles. The fraction of sp³-hybridized carbons (Fsp3) is 0.747. The molecule has 19 atom stereocenters. The number of carboxylic acid groups (broad SMARTS) is 2. The third-order valence-corrected chi connectivity index (χ3v) is 27.1. The minimum atomic E-state index is -1.82. The van der Waals surface area contributed by atoms with Crippen LogP contribution < -0.4 is 70.4 Å². The number of phenolic OH excluding ortho intramolecular Hbond substituents is 1. The maximum Gasteiger partial charge on any atom is 0.315 e. The Bertz CT molecular complexity index is 4240. The number of nitrogens with one attached hydrogen (secondary N) is 10. The van der Waals surface area contributed by atoms with Crippen LogP contribution in [0.3, 0.4) is 0 Å². The molecule has 808 valence electrons. The molecule has 12 amide bonds. The number of nitrogens with zero attached hydrogens (tertiary/aromatic N) is 1. The number of primary amides is 1. The Kier molecular flexibility index (Phi) is 59.8. The van der Waals surface area contributed by atoms with Gasteiger partial charge in [-0.3, -0.25) is 86.3 Å². The molecule has 3 aliphatic rings. The number of carbonyl (C=O) groups excluding carboxylic acids is 17. The number of benzene rings is 1. The molecule has 0 aliphatic carbocycles. The summed E-state index contributed by atoms with van der Waals surface area (Å²) < 4.78 is 27.6. The van der Waals surface area contributed by atoms with Gasteiger partial charge in [0.1, 0.15) is 23.9 Å². The first-order valence-corrected chi connectivity index (χ1v) is 51.6. The number of aliphatic hydroxyl groups excluding tert-OH is 2. The smallest absolute Gasteiger partial charge is 0.315 e. The summed E-state index contributed by atoms with van der Waals surface area (Å²) in [5, 5.41) is 78.8. The van der Waals surface area contributed by atoms with Crippen molar-refractivity contribution in [3.63, 3.8) is 0 Å². The molecule has 0 aromatic heterocycles. The van der Waals surface area contributed by atoms with E-state index in [2.05, 4.69) is 53.2 Å². The second kappa shape index (κ2) is 68.3. The Labute approximate surface area is 842 Å².